The molecule has 0 saturated carbocycles. The molecule has 0 spiro atoms. The van der Waals surface area contributed by atoms with Crippen LogP contribution >= 0.6 is 0 Å². The number of para-hydroxylation sites is 1. The predicted molar refractivity (Wildman–Crippen MR) is 76.0 cm³/mol. The lowest BCUT2D eigenvalue weighted by atomic mass is 10.1. The molecule has 0 aliphatic rings. The summed E-state index contributed by atoms with van der Waals surface area (Å²) in [5.41, 5.74) is 0.835. The Kier molecular flexibility index (Phi) is 4.76. The fraction of sp³-hybridized carbons (Fsp3) is 0.400. The number of aromatic carboxylic acids is 1. The molecule has 0 aliphatic heterocycles. The summed E-state index contributed by atoms with van der Waals surface area (Å²) >= 11 is 0. The van der Waals surface area contributed by atoms with E-state index in [0.717, 1.165) is 6.42 Å². The van der Waals surface area contributed by atoms with Crippen molar-refractivity contribution in [3.8, 4) is 0 Å². The van der Waals surface area contributed by atoms with E-state index in [0.29, 0.717) is 29.9 Å². The van der Waals surface area contributed by atoms with Gasteiger partial charge in [-0.2, -0.15) is 0 Å². The molecule has 2 aromatic rings. The number of methoxy groups -OCH3 is 1. The Morgan fingerprint density at radius 2 is 2.20 bits per heavy atom. The van der Waals surface area contributed by atoms with Crippen LogP contribution in [-0.4, -0.2) is 30.8 Å². The van der Waals surface area contributed by atoms with E-state index in [9.17, 15) is 9.90 Å². The highest BCUT2D eigenvalue weighted by atomic mass is 16.5. The number of rotatable bonds is 7. The molecule has 1 unspecified atom stereocenters. The SMILES string of the molecule is CCC(COC)NCc1oc2ccccc2c1C(=O)O. The summed E-state index contributed by atoms with van der Waals surface area (Å²) in [4.78, 5) is 11.4. The molecule has 2 rings (SSSR count). The van der Waals surface area contributed by atoms with Crippen LogP contribution in [0.1, 0.15) is 29.5 Å². The van der Waals surface area contributed by atoms with Crippen molar-refractivity contribution in [2.45, 2.75) is 25.9 Å². The Morgan fingerprint density at radius 3 is 2.85 bits per heavy atom. The molecule has 0 amide bonds. The second kappa shape index (κ2) is 6.54. The van der Waals surface area contributed by atoms with Crippen molar-refractivity contribution in [1.82, 2.24) is 5.32 Å². The van der Waals surface area contributed by atoms with Crippen LogP contribution in [0.2, 0.25) is 0 Å². The van der Waals surface area contributed by atoms with Gasteiger partial charge >= 0.3 is 5.97 Å². The van der Waals surface area contributed by atoms with E-state index in [-0.39, 0.29) is 11.6 Å². The molecular formula is C15H19NO4. The molecule has 1 aromatic heterocycles. The summed E-state index contributed by atoms with van der Waals surface area (Å²) in [5.74, 6) is -0.514. The van der Waals surface area contributed by atoms with Crippen molar-refractivity contribution in [2.24, 2.45) is 0 Å². The molecule has 0 fully saturated rings. The molecule has 0 aliphatic carbocycles. The van der Waals surface area contributed by atoms with Gasteiger partial charge in [-0.3, -0.25) is 0 Å². The first kappa shape index (κ1) is 14.6. The maximum absolute atomic E-state index is 11.4. The van der Waals surface area contributed by atoms with E-state index >= 15 is 0 Å². The summed E-state index contributed by atoms with van der Waals surface area (Å²) in [5, 5.41) is 13.3. The molecule has 108 valence electrons. The average Bonchev–Trinajstić information content (AvgIpc) is 2.81. The van der Waals surface area contributed by atoms with E-state index in [2.05, 4.69) is 5.32 Å². The summed E-state index contributed by atoms with van der Waals surface area (Å²) in [6.45, 7) is 3.00. The molecule has 0 saturated heterocycles. The highest BCUT2D eigenvalue weighted by molar-refractivity contribution is 6.03. The lowest BCUT2D eigenvalue weighted by Crippen LogP contribution is -2.32. The zero-order valence-electron chi connectivity index (χ0n) is 11.7. The van der Waals surface area contributed by atoms with Crippen molar-refractivity contribution in [1.29, 1.82) is 0 Å². The fourth-order valence-corrected chi connectivity index (χ4v) is 2.21. The summed E-state index contributed by atoms with van der Waals surface area (Å²) in [6.07, 6.45) is 0.899. The lowest BCUT2D eigenvalue weighted by molar-refractivity contribution is 0.0696. The van der Waals surface area contributed by atoms with Gasteiger partial charge in [-0.15, -0.1) is 0 Å². The van der Waals surface area contributed by atoms with Gasteiger partial charge in [0.1, 0.15) is 16.9 Å². The van der Waals surface area contributed by atoms with Crippen molar-refractivity contribution >= 4 is 16.9 Å². The molecule has 1 heterocycles. The highest BCUT2D eigenvalue weighted by Crippen LogP contribution is 2.25. The second-order valence-electron chi connectivity index (χ2n) is 4.64. The van der Waals surface area contributed by atoms with E-state index in [1.807, 2.05) is 13.0 Å². The smallest absolute Gasteiger partial charge is 0.339 e. The zero-order chi connectivity index (χ0) is 14.5. The van der Waals surface area contributed by atoms with Crippen LogP contribution < -0.4 is 5.32 Å². The van der Waals surface area contributed by atoms with E-state index in [1.54, 1.807) is 25.3 Å². The van der Waals surface area contributed by atoms with Crippen molar-refractivity contribution in [3.63, 3.8) is 0 Å². The minimum absolute atomic E-state index is 0.176. The monoisotopic (exact) mass is 277 g/mol. The first-order valence-electron chi connectivity index (χ1n) is 6.63. The van der Waals surface area contributed by atoms with Crippen LogP contribution in [0.4, 0.5) is 0 Å². The van der Waals surface area contributed by atoms with Gasteiger partial charge in [-0.1, -0.05) is 25.1 Å². The Morgan fingerprint density at radius 1 is 1.45 bits per heavy atom. The number of carboxylic acids is 1. The summed E-state index contributed by atoms with van der Waals surface area (Å²) in [7, 11) is 1.65. The quantitative estimate of drug-likeness (QED) is 0.814. The summed E-state index contributed by atoms with van der Waals surface area (Å²) < 4.78 is 10.8. The molecule has 5 nitrogen and oxygen atoms in total. The number of ether oxygens (including phenoxy) is 1. The Hall–Kier alpha value is -1.85. The standard InChI is InChI=1S/C15H19NO4/c1-3-10(9-19-2)16-8-13-14(15(17)18)11-6-4-5-7-12(11)20-13/h4-7,10,16H,3,8-9H2,1-2H3,(H,17,18). The third-order valence-corrected chi connectivity index (χ3v) is 3.29. The largest absolute Gasteiger partial charge is 0.478 e. The number of furan rings is 1. The van der Waals surface area contributed by atoms with Crippen LogP contribution in [0, 0.1) is 0 Å². The predicted octanol–water partition coefficient (Wildman–Crippen LogP) is 2.65. The summed E-state index contributed by atoms with van der Waals surface area (Å²) in [6, 6.07) is 7.35. The van der Waals surface area contributed by atoms with Gasteiger partial charge in [0.05, 0.1) is 13.2 Å². The van der Waals surface area contributed by atoms with Gasteiger partial charge in [-0.05, 0) is 12.5 Å². The lowest BCUT2D eigenvalue weighted by Gasteiger charge is -2.14. The number of carboxylic acid groups (broad SMARTS) is 1. The minimum Gasteiger partial charge on any atom is -0.478 e. The maximum Gasteiger partial charge on any atom is 0.339 e. The zero-order valence-corrected chi connectivity index (χ0v) is 11.7. The van der Waals surface area contributed by atoms with Crippen LogP contribution in [0.15, 0.2) is 28.7 Å². The van der Waals surface area contributed by atoms with Gasteiger partial charge in [0.25, 0.3) is 0 Å². The molecule has 20 heavy (non-hydrogen) atoms. The highest BCUT2D eigenvalue weighted by Gasteiger charge is 2.20. The molecule has 0 bridgehead atoms. The minimum atomic E-state index is -0.966. The number of fused-ring (bicyclic) bond motifs is 1. The van der Waals surface area contributed by atoms with Gasteiger partial charge < -0.3 is 19.6 Å². The molecule has 2 N–H and O–H groups in total. The second-order valence-corrected chi connectivity index (χ2v) is 4.64. The molecular weight excluding hydrogens is 258 g/mol. The molecule has 0 radical (unpaired) electrons. The van der Waals surface area contributed by atoms with E-state index in [4.69, 9.17) is 9.15 Å². The first-order chi connectivity index (χ1) is 9.67. The number of hydrogen-bond donors (Lipinski definition) is 2. The third-order valence-electron chi connectivity index (χ3n) is 3.29. The Labute approximate surface area is 117 Å². The van der Waals surface area contributed by atoms with Crippen LogP contribution in [0.25, 0.3) is 11.0 Å². The maximum atomic E-state index is 11.4. The van der Waals surface area contributed by atoms with Gasteiger partial charge in [0.2, 0.25) is 0 Å². The van der Waals surface area contributed by atoms with E-state index in [1.165, 1.54) is 0 Å². The van der Waals surface area contributed by atoms with Crippen molar-refractivity contribution in [3.05, 3.63) is 35.6 Å². The van der Waals surface area contributed by atoms with E-state index < -0.39 is 5.97 Å². The molecule has 5 heteroatoms. The number of hydrogen-bond acceptors (Lipinski definition) is 4. The molecule has 1 aromatic carbocycles. The van der Waals surface area contributed by atoms with Gasteiger partial charge in [-0.25, -0.2) is 4.79 Å². The van der Waals surface area contributed by atoms with Crippen molar-refractivity contribution in [2.75, 3.05) is 13.7 Å². The Balaban J connectivity index is 2.25. The van der Waals surface area contributed by atoms with Crippen LogP contribution in [0.3, 0.4) is 0 Å². The van der Waals surface area contributed by atoms with Crippen LogP contribution in [0.5, 0.6) is 0 Å². The Bertz CT molecular complexity index is 591. The topological polar surface area (TPSA) is 71.7 Å². The number of carbonyl (C=O) groups is 1. The van der Waals surface area contributed by atoms with Gasteiger partial charge in [0.15, 0.2) is 0 Å². The fourth-order valence-electron chi connectivity index (χ4n) is 2.21. The normalized spacial score (nSPS) is 12.7. The average molecular weight is 277 g/mol. The first-order valence-corrected chi connectivity index (χ1v) is 6.63. The van der Waals surface area contributed by atoms with Crippen LogP contribution in [-0.2, 0) is 11.3 Å². The third kappa shape index (κ3) is 3.00. The van der Waals surface area contributed by atoms with Crippen molar-refractivity contribution < 1.29 is 19.1 Å². The molecule has 1 atom stereocenters. The number of nitrogens with one attached hydrogen (secondary N) is 1. The van der Waals surface area contributed by atoms with Gasteiger partial charge in [0, 0.05) is 18.5 Å². The number of benzene rings is 1.